The van der Waals surface area contributed by atoms with Crippen molar-refractivity contribution in [3.05, 3.63) is 52.0 Å². The van der Waals surface area contributed by atoms with Gasteiger partial charge in [-0.15, -0.1) is 0 Å². The van der Waals surface area contributed by atoms with Gasteiger partial charge in [-0.2, -0.15) is 0 Å². The highest BCUT2D eigenvalue weighted by molar-refractivity contribution is 9.10. The summed E-state index contributed by atoms with van der Waals surface area (Å²) in [6.07, 6.45) is 2.34. The number of benzene rings is 2. The quantitative estimate of drug-likeness (QED) is 0.566. The van der Waals surface area contributed by atoms with Crippen molar-refractivity contribution in [1.82, 2.24) is 0 Å². The van der Waals surface area contributed by atoms with E-state index in [9.17, 15) is 4.79 Å². The Balaban J connectivity index is 2.01. The fourth-order valence-corrected chi connectivity index (χ4v) is 3.88. The Labute approximate surface area is 150 Å². The van der Waals surface area contributed by atoms with E-state index >= 15 is 0 Å². The van der Waals surface area contributed by atoms with Crippen LogP contribution >= 0.6 is 15.9 Å². The van der Waals surface area contributed by atoms with Gasteiger partial charge >= 0.3 is 5.97 Å². The number of methoxy groups -OCH3 is 1. The van der Waals surface area contributed by atoms with Crippen LogP contribution in [0.2, 0.25) is 0 Å². The van der Waals surface area contributed by atoms with E-state index in [-0.39, 0.29) is 0 Å². The Morgan fingerprint density at radius 1 is 1.17 bits per heavy atom. The molecule has 1 aliphatic heterocycles. The third kappa shape index (κ3) is 3.26. The van der Waals surface area contributed by atoms with Crippen molar-refractivity contribution in [2.45, 2.75) is 19.8 Å². The van der Waals surface area contributed by atoms with Gasteiger partial charge in [0.1, 0.15) is 17.1 Å². The molecule has 126 valence electrons. The van der Waals surface area contributed by atoms with E-state index < -0.39 is 5.97 Å². The number of nitrogens with zero attached hydrogens (tertiary/aromatic N) is 1. The van der Waals surface area contributed by atoms with Crippen LogP contribution in [-0.2, 0) is 0 Å². The number of carbonyl (C=O) groups excluding carboxylic acids is 1. The second kappa shape index (κ2) is 7.26. The molecular formula is C19H20BrNO3. The summed E-state index contributed by atoms with van der Waals surface area (Å²) in [6.45, 7) is 3.94. The van der Waals surface area contributed by atoms with Crippen LogP contribution in [0.3, 0.4) is 0 Å². The average Bonchev–Trinajstić information content (AvgIpc) is 3.09. The summed E-state index contributed by atoms with van der Waals surface area (Å²) in [4.78, 5) is 15.1. The molecule has 1 fully saturated rings. The Morgan fingerprint density at radius 3 is 2.46 bits per heavy atom. The van der Waals surface area contributed by atoms with Crippen LogP contribution in [0.25, 0.3) is 0 Å². The average molecular weight is 390 g/mol. The molecule has 0 spiro atoms. The summed E-state index contributed by atoms with van der Waals surface area (Å²) >= 11 is 3.63. The number of esters is 1. The molecule has 0 bridgehead atoms. The molecule has 1 aliphatic rings. The Bertz CT molecular complexity index is 740. The molecule has 0 unspecified atom stereocenters. The van der Waals surface area contributed by atoms with Crippen LogP contribution in [-0.4, -0.2) is 26.2 Å². The van der Waals surface area contributed by atoms with Gasteiger partial charge in [0, 0.05) is 17.6 Å². The maximum atomic E-state index is 12.8. The third-order valence-corrected chi connectivity index (χ3v) is 4.87. The smallest absolute Gasteiger partial charge is 0.347 e. The van der Waals surface area contributed by atoms with Gasteiger partial charge in [0.15, 0.2) is 0 Å². The maximum absolute atomic E-state index is 12.8. The first-order chi connectivity index (χ1) is 11.6. The predicted molar refractivity (Wildman–Crippen MR) is 98.3 cm³/mol. The second-order valence-electron chi connectivity index (χ2n) is 5.81. The van der Waals surface area contributed by atoms with Crippen molar-refractivity contribution in [3.8, 4) is 11.5 Å². The largest absolute Gasteiger partial charge is 0.496 e. The van der Waals surface area contributed by atoms with Crippen LogP contribution in [0.4, 0.5) is 5.69 Å². The molecule has 1 heterocycles. The van der Waals surface area contributed by atoms with E-state index in [0.717, 1.165) is 28.8 Å². The van der Waals surface area contributed by atoms with Crippen molar-refractivity contribution in [2.75, 3.05) is 25.1 Å². The molecule has 1 saturated heterocycles. The molecule has 0 aromatic heterocycles. The zero-order valence-corrected chi connectivity index (χ0v) is 15.4. The first-order valence-corrected chi connectivity index (χ1v) is 8.80. The Morgan fingerprint density at radius 2 is 1.83 bits per heavy atom. The number of halogens is 1. The van der Waals surface area contributed by atoms with Gasteiger partial charge in [0.05, 0.1) is 12.8 Å². The number of hydrogen-bond acceptors (Lipinski definition) is 4. The van der Waals surface area contributed by atoms with E-state index in [1.54, 1.807) is 19.2 Å². The molecule has 3 rings (SSSR count). The lowest BCUT2D eigenvalue weighted by molar-refractivity contribution is 0.0730. The van der Waals surface area contributed by atoms with E-state index in [1.807, 2.05) is 31.2 Å². The minimum absolute atomic E-state index is 0.400. The summed E-state index contributed by atoms with van der Waals surface area (Å²) in [6, 6.07) is 10.9. The molecule has 0 aliphatic carbocycles. The van der Waals surface area contributed by atoms with Crippen molar-refractivity contribution in [2.24, 2.45) is 0 Å². The zero-order chi connectivity index (χ0) is 17.1. The highest BCUT2D eigenvalue weighted by Gasteiger charge is 2.26. The van der Waals surface area contributed by atoms with E-state index in [0.29, 0.717) is 17.1 Å². The number of carbonyl (C=O) groups is 1. The van der Waals surface area contributed by atoms with Gasteiger partial charge in [0.2, 0.25) is 0 Å². The SMILES string of the molecule is COc1cc(Br)c(N2CCCC2)c(C)c1C(=O)Oc1ccccc1. The lowest BCUT2D eigenvalue weighted by Crippen LogP contribution is -2.21. The van der Waals surface area contributed by atoms with Gasteiger partial charge in [-0.25, -0.2) is 4.79 Å². The van der Waals surface area contributed by atoms with Crippen LogP contribution in [0, 0.1) is 6.92 Å². The molecule has 2 aromatic carbocycles. The number of para-hydroxylation sites is 1. The zero-order valence-electron chi connectivity index (χ0n) is 13.8. The van der Waals surface area contributed by atoms with E-state index in [4.69, 9.17) is 9.47 Å². The number of anilines is 1. The fraction of sp³-hybridized carbons (Fsp3) is 0.316. The molecule has 24 heavy (non-hydrogen) atoms. The normalized spacial score (nSPS) is 13.9. The Hall–Kier alpha value is -2.01. The van der Waals surface area contributed by atoms with Crippen LogP contribution in [0.5, 0.6) is 11.5 Å². The Kier molecular flexibility index (Phi) is 5.09. The topological polar surface area (TPSA) is 38.8 Å². The fourth-order valence-electron chi connectivity index (χ4n) is 3.13. The monoisotopic (exact) mass is 389 g/mol. The molecular weight excluding hydrogens is 370 g/mol. The van der Waals surface area contributed by atoms with Crippen molar-refractivity contribution >= 4 is 27.6 Å². The van der Waals surface area contributed by atoms with Crippen LogP contribution in [0.1, 0.15) is 28.8 Å². The summed E-state index contributed by atoms with van der Waals surface area (Å²) in [5.74, 6) is 0.640. The third-order valence-electron chi connectivity index (χ3n) is 4.26. The number of hydrogen-bond donors (Lipinski definition) is 0. The number of rotatable bonds is 4. The van der Waals surface area contributed by atoms with Crippen LogP contribution < -0.4 is 14.4 Å². The van der Waals surface area contributed by atoms with Gasteiger partial charge in [-0.1, -0.05) is 18.2 Å². The first kappa shape index (κ1) is 16.8. The molecule has 0 saturated carbocycles. The predicted octanol–water partition coefficient (Wildman–Crippen LogP) is 4.59. The molecule has 5 heteroatoms. The minimum atomic E-state index is -0.400. The lowest BCUT2D eigenvalue weighted by atomic mass is 10.0. The lowest BCUT2D eigenvalue weighted by Gasteiger charge is -2.24. The molecule has 0 N–H and O–H groups in total. The van der Waals surface area contributed by atoms with Gasteiger partial charge in [0.25, 0.3) is 0 Å². The van der Waals surface area contributed by atoms with E-state index in [2.05, 4.69) is 20.8 Å². The van der Waals surface area contributed by atoms with Crippen molar-refractivity contribution in [1.29, 1.82) is 0 Å². The highest BCUT2D eigenvalue weighted by atomic mass is 79.9. The second-order valence-corrected chi connectivity index (χ2v) is 6.66. The van der Waals surface area contributed by atoms with Gasteiger partial charge < -0.3 is 14.4 Å². The summed E-state index contributed by atoms with van der Waals surface area (Å²) in [5.41, 5.74) is 2.41. The molecule has 0 radical (unpaired) electrons. The standard InChI is InChI=1S/C19H20BrNO3/c1-13-17(19(22)24-14-8-4-3-5-9-14)16(23-2)12-15(20)18(13)21-10-6-7-11-21/h3-5,8-9,12H,6-7,10-11H2,1-2H3. The van der Waals surface area contributed by atoms with Crippen molar-refractivity contribution < 1.29 is 14.3 Å². The molecule has 0 amide bonds. The van der Waals surface area contributed by atoms with Crippen molar-refractivity contribution in [3.63, 3.8) is 0 Å². The summed E-state index contributed by atoms with van der Waals surface area (Å²) < 4.78 is 11.9. The van der Waals surface area contributed by atoms with Gasteiger partial charge in [-0.05, 0) is 59.5 Å². The molecule has 4 nitrogen and oxygen atoms in total. The van der Waals surface area contributed by atoms with Crippen LogP contribution in [0.15, 0.2) is 40.9 Å². The van der Waals surface area contributed by atoms with E-state index in [1.165, 1.54) is 12.8 Å². The summed E-state index contributed by atoms with van der Waals surface area (Å²) in [7, 11) is 1.57. The summed E-state index contributed by atoms with van der Waals surface area (Å²) in [5, 5.41) is 0. The first-order valence-electron chi connectivity index (χ1n) is 8.01. The minimum Gasteiger partial charge on any atom is -0.496 e. The maximum Gasteiger partial charge on any atom is 0.347 e. The molecule has 0 atom stereocenters. The number of ether oxygens (including phenoxy) is 2. The molecule has 2 aromatic rings. The highest BCUT2D eigenvalue weighted by Crippen LogP contribution is 2.39. The van der Waals surface area contributed by atoms with Gasteiger partial charge in [-0.3, -0.25) is 0 Å².